The predicted molar refractivity (Wildman–Crippen MR) is 75.1 cm³/mol. The molecule has 1 amide bonds. The van der Waals surface area contributed by atoms with Crippen molar-refractivity contribution in [2.45, 2.75) is 45.7 Å². The van der Waals surface area contributed by atoms with Crippen LogP contribution in [0, 0.1) is 11.8 Å². The zero-order valence-corrected chi connectivity index (χ0v) is 11.6. The molecule has 0 aromatic carbocycles. The van der Waals surface area contributed by atoms with Crippen LogP contribution in [0.4, 0.5) is 0 Å². The molecule has 19 heavy (non-hydrogen) atoms. The molecule has 3 N–H and O–H groups in total. The molecule has 4 heteroatoms. The largest absolute Gasteiger partial charge is 0.350 e. The van der Waals surface area contributed by atoms with E-state index in [9.17, 15) is 4.79 Å². The van der Waals surface area contributed by atoms with Crippen LogP contribution in [0.1, 0.15) is 43.9 Å². The van der Waals surface area contributed by atoms with Crippen LogP contribution < -0.4 is 11.1 Å². The van der Waals surface area contributed by atoms with Crippen molar-refractivity contribution in [1.82, 2.24) is 10.3 Å². The topological polar surface area (TPSA) is 68.0 Å². The highest BCUT2D eigenvalue weighted by Crippen LogP contribution is 2.28. The van der Waals surface area contributed by atoms with Crippen LogP contribution in [-0.4, -0.2) is 10.9 Å². The van der Waals surface area contributed by atoms with Crippen LogP contribution in [0.25, 0.3) is 0 Å². The minimum absolute atomic E-state index is 0.173. The molecule has 0 spiro atoms. The first-order chi connectivity index (χ1) is 9.19. The highest BCUT2D eigenvalue weighted by atomic mass is 16.1. The molecule has 1 aromatic heterocycles. The summed E-state index contributed by atoms with van der Waals surface area (Å²) in [6.07, 6.45) is 6.20. The number of hydrogen-bond acceptors (Lipinski definition) is 3. The fraction of sp³-hybridized carbons (Fsp3) is 0.600. The van der Waals surface area contributed by atoms with E-state index >= 15 is 0 Å². The van der Waals surface area contributed by atoms with Gasteiger partial charge in [-0.3, -0.25) is 9.78 Å². The average Bonchev–Trinajstić information content (AvgIpc) is 2.45. The Balaban J connectivity index is 1.85. The third kappa shape index (κ3) is 4.03. The van der Waals surface area contributed by atoms with E-state index in [0.29, 0.717) is 19.0 Å². The van der Waals surface area contributed by atoms with Crippen molar-refractivity contribution in [2.75, 3.05) is 0 Å². The van der Waals surface area contributed by atoms with Crippen LogP contribution in [0.3, 0.4) is 0 Å². The highest BCUT2D eigenvalue weighted by molar-refractivity contribution is 5.78. The van der Waals surface area contributed by atoms with Gasteiger partial charge in [0.05, 0.1) is 12.2 Å². The molecule has 2 atom stereocenters. The van der Waals surface area contributed by atoms with Crippen molar-refractivity contribution < 1.29 is 4.79 Å². The van der Waals surface area contributed by atoms with Crippen LogP contribution in [0.5, 0.6) is 0 Å². The van der Waals surface area contributed by atoms with Gasteiger partial charge in [-0.1, -0.05) is 19.8 Å². The number of pyridine rings is 1. The summed E-state index contributed by atoms with van der Waals surface area (Å²) in [5.74, 6) is 1.02. The van der Waals surface area contributed by atoms with Gasteiger partial charge in [0.2, 0.25) is 5.91 Å². The molecule has 0 radical (unpaired) electrons. The first kappa shape index (κ1) is 14.0. The lowest BCUT2D eigenvalue weighted by atomic mass is 9.82. The summed E-state index contributed by atoms with van der Waals surface area (Å²) in [4.78, 5) is 16.4. The quantitative estimate of drug-likeness (QED) is 0.871. The van der Waals surface area contributed by atoms with Crippen LogP contribution in [0.2, 0.25) is 0 Å². The number of aromatic nitrogens is 1. The van der Waals surface area contributed by atoms with Crippen LogP contribution >= 0.6 is 0 Å². The standard InChI is InChI=1S/C15H23N3O/c1-11-3-2-4-13(7-11)15(19)18-10-14-8-12(9-16)5-6-17-14/h5-6,8,11,13H,2-4,7,9-10,16H2,1H3,(H,18,19). The summed E-state index contributed by atoms with van der Waals surface area (Å²) in [6.45, 7) is 3.23. The molecule has 1 heterocycles. The maximum Gasteiger partial charge on any atom is 0.223 e. The van der Waals surface area contributed by atoms with Gasteiger partial charge in [0, 0.05) is 18.7 Å². The second-order valence-corrected chi connectivity index (χ2v) is 5.55. The fourth-order valence-electron chi connectivity index (χ4n) is 2.75. The Morgan fingerprint density at radius 2 is 2.37 bits per heavy atom. The van der Waals surface area contributed by atoms with Gasteiger partial charge >= 0.3 is 0 Å². The van der Waals surface area contributed by atoms with Gasteiger partial charge in [-0.2, -0.15) is 0 Å². The number of rotatable bonds is 4. The number of hydrogen-bond donors (Lipinski definition) is 2. The molecule has 1 aromatic rings. The Morgan fingerprint density at radius 1 is 1.53 bits per heavy atom. The monoisotopic (exact) mass is 261 g/mol. The van der Waals surface area contributed by atoms with E-state index in [2.05, 4.69) is 17.2 Å². The normalized spacial score (nSPS) is 23.1. The minimum atomic E-state index is 0.173. The number of nitrogens with two attached hydrogens (primary N) is 1. The van der Waals surface area contributed by atoms with E-state index in [1.807, 2.05) is 12.1 Å². The van der Waals surface area contributed by atoms with E-state index in [0.717, 1.165) is 24.1 Å². The third-order valence-corrected chi connectivity index (χ3v) is 3.87. The first-order valence-corrected chi connectivity index (χ1v) is 7.10. The van der Waals surface area contributed by atoms with Crippen LogP contribution in [0.15, 0.2) is 18.3 Å². The van der Waals surface area contributed by atoms with Crippen molar-refractivity contribution >= 4 is 5.91 Å². The van der Waals surface area contributed by atoms with Gasteiger partial charge in [0.1, 0.15) is 0 Å². The molecule has 0 aliphatic heterocycles. The molecule has 2 rings (SSSR count). The van der Waals surface area contributed by atoms with Crippen LogP contribution in [-0.2, 0) is 17.9 Å². The molecule has 1 aliphatic rings. The summed E-state index contributed by atoms with van der Waals surface area (Å²) in [7, 11) is 0. The van der Waals surface area contributed by atoms with E-state index < -0.39 is 0 Å². The van der Waals surface area contributed by atoms with Gasteiger partial charge < -0.3 is 11.1 Å². The molecule has 2 unspecified atom stereocenters. The Labute approximate surface area is 114 Å². The zero-order valence-electron chi connectivity index (χ0n) is 11.6. The first-order valence-electron chi connectivity index (χ1n) is 7.10. The summed E-state index contributed by atoms with van der Waals surface area (Å²) < 4.78 is 0. The molecule has 0 bridgehead atoms. The molecule has 4 nitrogen and oxygen atoms in total. The number of nitrogens with one attached hydrogen (secondary N) is 1. The molecule has 1 saturated carbocycles. The average molecular weight is 261 g/mol. The Bertz CT molecular complexity index is 433. The molecular formula is C15H23N3O. The van der Waals surface area contributed by atoms with Crippen molar-refractivity contribution in [3.8, 4) is 0 Å². The Hall–Kier alpha value is -1.42. The van der Waals surface area contributed by atoms with Gasteiger partial charge in [-0.15, -0.1) is 0 Å². The van der Waals surface area contributed by atoms with Crippen molar-refractivity contribution in [3.63, 3.8) is 0 Å². The predicted octanol–water partition coefficient (Wildman–Crippen LogP) is 1.98. The minimum Gasteiger partial charge on any atom is -0.350 e. The van der Waals surface area contributed by atoms with Crippen molar-refractivity contribution in [1.29, 1.82) is 0 Å². The smallest absolute Gasteiger partial charge is 0.223 e. The number of carbonyl (C=O) groups excluding carboxylic acids is 1. The number of carbonyl (C=O) groups is 1. The van der Waals surface area contributed by atoms with E-state index in [1.165, 1.54) is 12.8 Å². The Kier molecular flexibility index (Phi) is 4.91. The summed E-state index contributed by atoms with van der Waals surface area (Å²) in [5, 5.41) is 3.00. The van der Waals surface area contributed by atoms with E-state index in [4.69, 9.17) is 5.73 Å². The van der Waals surface area contributed by atoms with Gasteiger partial charge in [0.25, 0.3) is 0 Å². The number of nitrogens with zero attached hydrogens (tertiary/aromatic N) is 1. The summed E-state index contributed by atoms with van der Waals surface area (Å²) >= 11 is 0. The second kappa shape index (κ2) is 6.66. The Morgan fingerprint density at radius 3 is 3.11 bits per heavy atom. The van der Waals surface area contributed by atoms with Crippen molar-refractivity contribution in [3.05, 3.63) is 29.6 Å². The molecule has 104 valence electrons. The van der Waals surface area contributed by atoms with Gasteiger partial charge in [-0.25, -0.2) is 0 Å². The third-order valence-electron chi connectivity index (χ3n) is 3.87. The number of amides is 1. The summed E-state index contributed by atoms with van der Waals surface area (Å²) in [5.41, 5.74) is 7.51. The fourth-order valence-corrected chi connectivity index (χ4v) is 2.75. The highest BCUT2D eigenvalue weighted by Gasteiger charge is 2.24. The van der Waals surface area contributed by atoms with Gasteiger partial charge in [-0.05, 0) is 36.5 Å². The second-order valence-electron chi connectivity index (χ2n) is 5.55. The molecule has 0 saturated heterocycles. The lowest BCUT2D eigenvalue weighted by molar-refractivity contribution is -0.126. The SMILES string of the molecule is CC1CCCC(C(=O)NCc2cc(CN)ccn2)C1. The lowest BCUT2D eigenvalue weighted by Crippen LogP contribution is -2.33. The van der Waals surface area contributed by atoms with E-state index in [1.54, 1.807) is 6.20 Å². The van der Waals surface area contributed by atoms with Gasteiger partial charge in [0.15, 0.2) is 0 Å². The van der Waals surface area contributed by atoms with Crippen molar-refractivity contribution in [2.24, 2.45) is 17.6 Å². The summed E-state index contributed by atoms with van der Waals surface area (Å²) in [6, 6.07) is 3.85. The maximum atomic E-state index is 12.1. The molecular weight excluding hydrogens is 238 g/mol. The maximum absolute atomic E-state index is 12.1. The molecule has 1 aliphatic carbocycles. The zero-order chi connectivity index (χ0) is 13.7. The molecule has 1 fully saturated rings. The van der Waals surface area contributed by atoms with E-state index in [-0.39, 0.29) is 11.8 Å². The lowest BCUT2D eigenvalue weighted by Gasteiger charge is -2.25.